The van der Waals surface area contributed by atoms with E-state index in [2.05, 4.69) is 20.8 Å². The van der Waals surface area contributed by atoms with Gasteiger partial charge in [0.05, 0.1) is 13.0 Å². The molecule has 6 heteroatoms. The Hall–Kier alpha value is -3.41. The second-order valence-electron chi connectivity index (χ2n) is 6.10. The molecule has 3 aromatic rings. The lowest BCUT2D eigenvalue weighted by Gasteiger charge is -2.08. The van der Waals surface area contributed by atoms with E-state index in [1.54, 1.807) is 12.1 Å². The first kappa shape index (κ1) is 18.4. The van der Waals surface area contributed by atoms with Crippen molar-refractivity contribution in [2.24, 2.45) is 0 Å². The molecule has 0 saturated heterocycles. The molecular formula is C21H22N4O2. The van der Waals surface area contributed by atoms with Crippen LogP contribution in [0.25, 0.3) is 0 Å². The van der Waals surface area contributed by atoms with Crippen LogP contribution < -0.4 is 15.4 Å². The fraction of sp³-hybridized carbons (Fsp3) is 0.190. The van der Waals surface area contributed by atoms with Crippen molar-refractivity contribution in [3.63, 3.8) is 0 Å². The van der Waals surface area contributed by atoms with Gasteiger partial charge in [0.15, 0.2) is 11.6 Å². The van der Waals surface area contributed by atoms with Crippen molar-refractivity contribution in [1.82, 2.24) is 10.2 Å². The van der Waals surface area contributed by atoms with Crippen molar-refractivity contribution >= 4 is 23.2 Å². The summed E-state index contributed by atoms with van der Waals surface area (Å²) in [6, 6.07) is 19.0. The van der Waals surface area contributed by atoms with Gasteiger partial charge in [-0.3, -0.25) is 4.79 Å². The van der Waals surface area contributed by atoms with Gasteiger partial charge in [0.2, 0.25) is 5.91 Å². The minimum absolute atomic E-state index is 0.123. The number of ether oxygens (including phenoxy) is 1. The second-order valence-corrected chi connectivity index (χ2v) is 6.10. The van der Waals surface area contributed by atoms with Crippen LogP contribution in [0.2, 0.25) is 0 Å². The summed E-state index contributed by atoms with van der Waals surface area (Å²) in [6.07, 6.45) is 0.301. The molecule has 1 aromatic heterocycles. The maximum absolute atomic E-state index is 12.1. The number of hydrogen-bond donors (Lipinski definition) is 2. The average Bonchev–Trinajstić information content (AvgIpc) is 2.65. The number of hydrogen-bond acceptors (Lipinski definition) is 5. The number of nitrogens with one attached hydrogen (secondary N) is 2. The van der Waals surface area contributed by atoms with Crippen molar-refractivity contribution in [2.45, 2.75) is 20.3 Å². The first-order valence-electron chi connectivity index (χ1n) is 8.81. The van der Waals surface area contributed by atoms with Crippen LogP contribution in [0.5, 0.6) is 5.75 Å². The van der Waals surface area contributed by atoms with Crippen LogP contribution in [0.1, 0.15) is 18.1 Å². The van der Waals surface area contributed by atoms with Crippen LogP contribution in [0.15, 0.2) is 60.7 Å². The number of aromatic nitrogens is 2. The summed E-state index contributed by atoms with van der Waals surface area (Å²) in [7, 11) is 0. The molecule has 1 heterocycles. The molecule has 0 aliphatic carbocycles. The minimum atomic E-state index is -0.123. The first-order valence-corrected chi connectivity index (χ1v) is 8.81. The van der Waals surface area contributed by atoms with E-state index in [0.717, 1.165) is 22.6 Å². The molecule has 0 aliphatic heterocycles. The highest BCUT2D eigenvalue weighted by molar-refractivity contribution is 5.91. The van der Waals surface area contributed by atoms with Crippen LogP contribution in [0.4, 0.5) is 17.3 Å². The van der Waals surface area contributed by atoms with Gasteiger partial charge in [0, 0.05) is 5.69 Å². The zero-order valence-electron chi connectivity index (χ0n) is 15.4. The summed E-state index contributed by atoms with van der Waals surface area (Å²) in [6.45, 7) is 4.58. The Morgan fingerprint density at radius 3 is 2.41 bits per heavy atom. The molecule has 0 saturated carbocycles. The Balaban J connectivity index is 1.55. The number of carbonyl (C=O) groups is 1. The minimum Gasteiger partial charge on any atom is -0.494 e. The molecule has 0 spiro atoms. The average molecular weight is 362 g/mol. The molecule has 1 amide bonds. The third kappa shape index (κ3) is 5.54. The van der Waals surface area contributed by atoms with Crippen molar-refractivity contribution < 1.29 is 9.53 Å². The predicted octanol–water partition coefficient (Wildman–Crippen LogP) is 4.11. The molecule has 0 atom stereocenters. The molecule has 0 fully saturated rings. The summed E-state index contributed by atoms with van der Waals surface area (Å²) >= 11 is 0. The quantitative estimate of drug-likeness (QED) is 0.661. The van der Waals surface area contributed by atoms with Gasteiger partial charge in [-0.25, -0.2) is 0 Å². The molecule has 3 rings (SSSR count). The Morgan fingerprint density at radius 2 is 1.74 bits per heavy atom. The van der Waals surface area contributed by atoms with E-state index in [1.165, 1.54) is 0 Å². The number of amides is 1. The molecule has 2 aromatic carbocycles. The van der Waals surface area contributed by atoms with Crippen molar-refractivity contribution in [3.05, 3.63) is 71.8 Å². The lowest BCUT2D eigenvalue weighted by molar-refractivity contribution is -0.115. The van der Waals surface area contributed by atoms with Crippen LogP contribution in [0, 0.1) is 6.92 Å². The molecule has 6 nitrogen and oxygen atoms in total. The number of nitrogens with zero attached hydrogens (tertiary/aromatic N) is 2. The van der Waals surface area contributed by atoms with E-state index >= 15 is 0 Å². The SMILES string of the molecule is CCOc1ccc(Nc2ccc(NC(=O)Cc3cccc(C)c3)nn2)cc1. The highest BCUT2D eigenvalue weighted by Gasteiger charge is 2.06. The fourth-order valence-corrected chi connectivity index (χ4v) is 2.61. The van der Waals surface area contributed by atoms with Gasteiger partial charge in [0.1, 0.15) is 5.75 Å². The van der Waals surface area contributed by atoms with Crippen LogP contribution in [-0.2, 0) is 11.2 Å². The lowest BCUT2D eigenvalue weighted by Crippen LogP contribution is -2.15. The molecule has 0 unspecified atom stereocenters. The smallest absolute Gasteiger partial charge is 0.229 e. The zero-order valence-corrected chi connectivity index (χ0v) is 15.4. The third-order valence-electron chi connectivity index (χ3n) is 3.82. The van der Waals surface area contributed by atoms with Gasteiger partial charge >= 0.3 is 0 Å². The topological polar surface area (TPSA) is 76.1 Å². The zero-order chi connectivity index (χ0) is 19.1. The van der Waals surface area contributed by atoms with Gasteiger partial charge in [-0.1, -0.05) is 29.8 Å². The van der Waals surface area contributed by atoms with Crippen molar-refractivity contribution in [3.8, 4) is 5.75 Å². The number of aryl methyl sites for hydroxylation is 1. The van der Waals surface area contributed by atoms with Crippen LogP contribution in [-0.4, -0.2) is 22.7 Å². The second kappa shape index (κ2) is 8.80. The summed E-state index contributed by atoms with van der Waals surface area (Å²) < 4.78 is 5.42. The molecule has 0 aliphatic rings. The van der Waals surface area contributed by atoms with E-state index in [9.17, 15) is 4.79 Å². The fourth-order valence-electron chi connectivity index (χ4n) is 2.61. The standard InChI is InChI=1S/C21H22N4O2/c1-3-27-18-9-7-17(8-10-18)22-19-11-12-20(25-24-19)23-21(26)14-16-6-4-5-15(2)13-16/h4-13H,3,14H2,1-2H3,(H,22,24)(H,23,25,26). The van der Waals surface area contributed by atoms with Gasteiger partial charge in [-0.15, -0.1) is 10.2 Å². The summed E-state index contributed by atoms with van der Waals surface area (Å²) in [5, 5.41) is 14.1. The number of carbonyl (C=O) groups excluding carboxylic acids is 1. The third-order valence-corrected chi connectivity index (χ3v) is 3.82. The summed E-state index contributed by atoms with van der Waals surface area (Å²) in [5.74, 6) is 1.71. The molecule has 0 radical (unpaired) electrons. The lowest BCUT2D eigenvalue weighted by atomic mass is 10.1. The molecular weight excluding hydrogens is 340 g/mol. The van der Waals surface area contributed by atoms with Gasteiger partial charge in [-0.05, 0) is 55.8 Å². The highest BCUT2D eigenvalue weighted by Crippen LogP contribution is 2.19. The van der Waals surface area contributed by atoms with Gasteiger partial charge < -0.3 is 15.4 Å². The Morgan fingerprint density at radius 1 is 1.00 bits per heavy atom. The van der Waals surface area contributed by atoms with Crippen molar-refractivity contribution in [2.75, 3.05) is 17.2 Å². The number of anilines is 3. The molecule has 0 bridgehead atoms. The maximum Gasteiger partial charge on any atom is 0.229 e. The predicted molar refractivity (Wildman–Crippen MR) is 106 cm³/mol. The van der Waals surface area contributed by atoms with Crippen molar-refractivity contribution in [1.29, 1.82) is 0 Å². The molecule has 27 heavy (non-hydrogen) atoms. The highest BCUT2D eigenvalue weighted by atomic mass is 16.5. The molecule has 2 N–H and O–H groups in total. The maximum atomic E-state index is 12.1. The van der Waals surface area contributed by atoms with Crippen LogP contribution in [0.3, 0.4) is 0 Å². The van der Waals surface area contributed by atoms with Gasteiger partial charge in [0.25, 0.3) is 0 Å². The number of benzene rings is 2. The Bertz CT molecular complexity index is 893. The largest absolute Gasteiger partial charge is 0.494 e. The van der Waals surface area contributed by atoms with E-state index < -0.39 is 0 Å². The Kier molecular flexibility index (Phi) is 5.99. The van der Waals surface area contributed by atoms with Gasteiger partial charge in [-0.2, -0.15) is 0 Å². The number of rotatable bonds is 7. The van der Waals surface area contributed by atoms with E-state index in [0.29, 0.717) is 24.7 Å². The van der Waals surface area contributed by atoms with E-state index in [-0.39, 0.29) is 5.91 Å². The Labute approximate surface area is 158 Å². The van der Waals surface area contributed by atoms with Crippen LogP contribution >= 0.6 is 0 Å². The van der Waals surface area contributed by atoms with E-state index in [4.69, 9.17) is 4.74 Å². The monoisotopic (exact) mass is 362 g/mol. The normalized spacial score (nSPS) is 10.3. The summed E-state index contributed by atoms with van der Waals surface area (Å²) in [5.41, 5.74) is 2.98. The molecule has 138 valence electrons. The van der Waals surface area contributed by atoms with E-state index in [1.807, 2.05) is 62.4 Å². The first-order chi connectivity index (χ1) is 13.1. The summed E-state index contributed by atoms with van der Waals surface area (Å²) in [4.78, 5) is 12.1.